The second-order valence-electron chi connectivity index (χ2n) is 4.98. The van der Waals surface area contributed by atoms with E-state index < -0.39 is 0 Å². The highest BCUT2D eigenvalue weighted by atomic mass is 16.5. The first kappa shape index (κ1) is 15.7. The van der Waals surface area contributed by atoms with E-state index in [-0.39, 0.29) is 11.9 Å². The molecule has 19 heavy (non-hydrogen) atoms. The Kier molecular flexibility index (Phi) is 6.53. The molecule has 5 nitrogen and oxygen atoms in total. The Balaban J connectivity index is 2.78. The molecular weight excluding hydrogens is 242 g/mol. The SMILES string of the molecule is CCCCCCn1nnc(C(=O)OCC)c1C(C)C. The van der Waals surface area contributed by atoms with Crippen LogP contribution in [0.3, 0.4) is 0 Å². The molecule has 5 heteroatoms. The van der Waals surface area contributed by atoms with Crippen molar-refractivity contribution >= 4 is 5.97 Å². The lowest BCUT2D eigenvalue weighted by molar-refractivity contribution is 0.0517. The van der Waals surface area contributed by atoms with Gasteiger partial charge < -0.3 is 4.74 Å². The van der Waals surface area contributed by atoms with E-state index in [0.29, 0.717) is 12.3 Å². The van der Waals surface area contributed by atoms with Gasteiger partial charge in [-0.15, -0.1) is 5.10 Å². The molecule has 1 heterocycles. The lowest BCUT2D eigenvalue weighted by Crippen LogP contribution is -2.12. The number of ether oxygens (including phenoxy) is 1. The van der Waals surface area contributed by atoms with E-state index in [2.05, 4.69) is 17.2 Å². The maximum atomic E-state index is 11.8. The zero-order chi connectivity index (χ0) is 14.3. The summed E-state index contributed by atoms with van der Waals surface area (Å²) in [7, 11) is 0. The predicted molar refractivity (Wildman–Crippen MR) is 74.2 cm³/mol. The number of carbonyl (C=O) groups is 1. The van der Waals surface area contributed by atoms with Crippen LogP contribution in [0.2, 0.25) is 0 Å². The van der Waals surface area contributed by atoms with Crippen LogP contribution in [0.4, 0.5) is 0 Å². The Morgan fingerprint density at radius 1 is 1.26 bits per heavy atom. The molecule has 0 aromatic carbocycles. The number of nitrogens with zero attached hydrogens (tertiary/aromatic N) is 3. The van der Waals surface area contributed by atoms with Gasteiger partial charge >= 0.3 is 5.97 Å². The molecule has 108 valence electrons. The van der Waals surface area contributed by atoms with Crippen LogP contribution in [-0.2, 0) is 11.3 Å². The van der Waals surface area contributed by atoms with Gasteiger partial charge in [0, 0.05) is 6.54 Å². The molecule has 0 amide bonds. The molecule has 0 N–H and O–H groups in total. The van der Waals surface area contributed by atoms with Crippen molar-refractivity contribution in [2.75, 3.05) is 6.61 Å². The molecule has 0 fully saturated rings. The van der Waals surface area contributed by atoms with Crippen LogP contribution in [0.15, 0.2) is 0 Å². The van der Waals surface area contributed by atoms with Crippen LogP contribution in [0, 0.1) is 0 Å². The molecule has 0 atom stereocenters. The number of carbonyl (C=O) groups excluding carboxylic acids is 1. The summed E-state index contributed by atoms with van der Waals surface area (Å²) in [5, 5.41) is 8.10. The van der Waals surface area contributed by atoms with Crippen molar-refractivity contribution < 1.29 is 9.53 Å². The van der Waals surface area contributed by atoms with Gasteiger partial charge in [0.25, 0.3) is 0 Å². The lowest BCUT2D eigenvalue weighted by Gasteiger charge is -2.10. The van der Waals surface area contributed by atoms with E-state index in [4.69, 9.17) is 4.74 Å². The Morgan fingerprint density at radius 2 is 2.00 bits per heavy atom. The van der Waals surface area contributed by atoms with E-state index in [0.717, 1.165) is 18.7 Å². The zero-order valence-corrected chi connectivity index (χ0v) is 12.5. The van der Waals surface area contributed by atoms with Crippen molar-refractivity contribution in [3.63, 3.8) is 0 Å². The van der Waals surface area contributed by atoms with E-state index >= 15 is 0 Å². The zero-order valence-electron chi connectivity index (χ0n) is 12.5. The summed E-state index contributed by atoms with van der Waals surface area (Å²) in [6.45, 7) is 9.25. The highest BCUT2D eigenvalue weighted by molar-refractivity contribution is 5.88. The first-order valence-corrected chi connectivity index (χ1v) is 7.22. The minimum atomic E-state index is -0.369. The van der Waals surface area contributed by atoms with Crippen LogP contribution >= 0.6 is 0 Å². The van der Waals surface area contributed by atoms with E-state index in [1.54, 1.807) is 6.92 Å². The standard InChI is InChI=1S/C14H25N3O2/c1-5-7-8-9-10-17-13(11(3)4)12(15-16-17)14(18)19-6-2/h11H,5-10H2,1-4H3. The fraction of sp³-hybridized carbons (Fsp3) is 0.786. The van der Waals surface area contributed by atoms with Gasteiger partial charge in [-0.1, -0.05) is 45.2 Å². The molecule has 0 aliphatic heterocycles. The summed E-state index contributed by atoms with van der Waals surface area (Å²) in [5.41, 5.74) is 1.25. The van der Waals surface area contributed by atoms with Crippen molar-refractivity contribution in [2.24, 2.45) is 0 Å². The third-order valence-electron chi connectivity index (χ3n) is 3.01. The highest BCUT2D eigenvalue weighted by Crippen LogP contribution is 2.19. The maximum absolute atomic E-state index is 11.8. The Morgan fingerprint density at radius 3 is 2.58 bits per heavy atom. The number of esters is 1. The second-order valence-corrected chi connectivity index (χ2v) is 4.98. The molecule has 0 radical (unpaired) electrons. The molecule has 1 rings (SSSR count). The number of rotatable bonds is 8. The summed E-state index contributed by atoms with van der Waals surface area (Å²) in [5.74, 6) is -0.161. The molecule has 1 aromatic heterocycles. The predicted octanol–water partition coefficient (Wildman–Crippen LogP) is 3.16. The molecule has 0 spiro atoms. The van der Waals surface area contributed by atoms with Gasteiger partial charge in [-0.25, -0.2) is 9.48 Å². The van der Waals surface area contributed by atoms with Gasteiger partial charge in [0.2, 0.25) is 0 Å². The number of unbranched alkanes of at least 4 members (excludes halogenated alkanes) is 3. The van der Waals surface area contributed by atoms with Crippen LogP contribution in [-0.4, -0.2) is 27.6 Å². The molecule has 0 aliphatic rings. The number of aryl methyl sites for hydroxylation is 1. The monoisotopic (exact) mass is 267 g/mol. The maximum Gasteiger partial charge on any atom is 0.360 e. The average Bonchev–Trinajstić information content (AvgIpc) is 2.79. The molecule has 0 saturated heterocycles. The molecule has 0 bridgehead atoms. The molecule has 0 aliphatic carbocycles. The third kappa shape index (κ3) is 4.33. The van der Waals surface area contributed by atoms with Crippen LogP contribution < -0.4 is 0 Å². The highest BCUT2D eigenvalue weighted by Gasteiger charge is 2.22. The normalized spacial score (nSPS) is 11.0. The Hall–Kier alpha value is -1.39. The first-order valence-electron chi connectivity index (χ1n) is 7.22. The number of aromatic nitrogens is 3. The van der Waals surface area contributed by atoms with Gasteiger partial charge in [0.15, 0.2) is 5.69 Å². The fourth-order valence-corrected chi connectivity index (χ4v) is 2.09. The number of hydrogen-bond acceptors (Lipinski definition) is 4. The van der Waals surface area contributed by atoms with E-state index in [1.165, 1.54) is 19.3 Å². The summed E-state index contributed by atoms with van der Waals surface area (Å²) < 4.78 is 6.87. The largest absolute Gasteiger partial charge is 0.461 e. The van der Waals surface area contributed by atoms with Gasteiger partial charge in [0.1, 0.15) is 0 Å². The van der Waals surface area contributed by atoms with Gasteiger partial charge in [-0.05, 0) is 19.3 Å². The van der Waals surface area contributed by atoms with Crippen molar-refractivity contribution in [2.45, 2.75) is 65.8 Å². The molecule has 0 saturated carbocycles. The van der Waals surface area contributed by atoms with Crippen molar-refractivity contribution in [1.29, 1.82) is 0 Å². The molecular formula is C14H25N3O2. The van der Waals surface area contributed by atoms with E-state index in [1.807, 2.05) is 18.5 Å². The summed E-state index contributed by atoms with van der Waals surface area (Å²) in [4.78, 5) is 11.8. The summed E-state index contributed by atoms with van der Waals surface area (Å²) >= 11 is 0. The quantitative estimate of drug-likeness (QED) is 0.536. The first-order chi connectivity index (χ1) is 9.11. The third-order valence-corrected chi connectivity index (χ3v) is 3.01. The van der Waals surface area contributed by atoms with Crippen LogP contribution in [0.5, 0.6) is 0 Å². The van der Waals surface area contributed by atoms with E-state index in [9.17, 15) is 4.79 Å². The van der Waals surface area contributed by atoms with Gasteiger partial charge in [0.05, 0.1) is 12.3 Å². The number of hydrogen-bond donors (Lipinski definition) is 0. The average molecular weight is 267 g/mol. The van der Waals surface area contributed by atoms with Gasteiger partial charge in [-0.2, -0.15) is 0 Å². The summed E-state index contributed by atoms with van der Waals surface area (Å²) in [6, 6.07) is 0. The van der Waals surface area contributed by atoms with Crippen molar-refractivity contribution in [3.8, 4) is 0 Å². The smallest absolute Gasteiger partial charge is 0.360 e. The van der Waals surface area contributed by atoms with Crippen LogP contribution in [0.25, 0.3) is 0 Å². The Labute approximate surface area is 115 Å². The molecule has 1 aromatic rings. The minimum Gasteiger partial charge on any atom is -0.461 e. The van der Waals surface area contributed by atoms with Gasteiger partial charge in [-0.3, -0.25) is 0 Å². The van der Waals surface area contributed by atoms with Crippen LogP contribution in [0.1, 0.15) is 75.5 Å². The topological polar surface area (TPSA) is 57.0 Å². The summed E-state index contributed by atoms with van der Waals surface area (Å²) in [6.07, 6.45) is 4.70. The minimum absolute atomic E-state index is 0.209. The molecule has 0 unspecified atom stereocenters. The Bertz CT molecular complexity index is 399. The second kappa shape index (κ2) is 7.92. The van der Waals surface area contributed by atoms with Crippen molar-refractivity contribution in [1.82, 2.24) is 15.0 Å². The fourth-order valence-electron chi connectivity index (χ4n) is 2.09. The van der Waals surface area contributed by atoms with Crippen molar-refractivity contribution in [3.05, 3.63) is 11.4 Å². The lowest BCUT2D eigenvalue weighted by atomic mass is 10.1.